The van der Waals surface area contributed by atoms with Gasteiger partial charge in [0.15, 0.2) is 0 Å². The van der Waals surface area contributed by atoms with Crippen molar-refractivity contribution in [2.75, 3.05) is 0 Å². The van der Waals surface area contributed by atoms with Gasteiger partial charge in [0, 0.05) is 6.42 Å². The number of aryl methyl sites for hydroxylation is 1. The van der Waals surface area contributed by atoms with Crippen molar-refractivity contribution >= 4 is 11.8 Å². The highest BCUT2D eigenvalue weighted by Gasteiger charge is 2.40. The number of rotatable bonds is 6. The summed E-state index contributed by atoms with van der Waals surface area (Å²) >= 11 is 0. The van der Waals surface area contributed by atoms with Crippen LogP contribution < -0.4 is 11.1 Å². The van der Waals surface area contributed by atoms with E-state index in [1.807, 2.05) is 6.92 Å². The first kappa shape index (κ1) is 19.0. The molecule has 27 heavy (non-hydrogen) atoms. The number of carbonyl (C=O) groups is 2. The summed E-state index contributed by atoms with van der Waals surface area (Å²) in [7, 11) is 0. The largest absolute Gasteiger partial charge is 0.368 e. The molecule has 1 fully saturated rings. The third kappa shape index (κ3) is 3.84. The molecule has 3 N–H and O–H groups in total. The smallest absolute Gasteiger partial charge is 0.291 e. The van der Waals surface area contributed by atoms with E-state index in [-0.39, 0.29) is 11.5 Å². The molecular weight excluding hydrogens is 349 g/mol. The summed E-state index contributed by atoms with van der Waals surface area (Å²) in [6.45, 7) is 1.96. The molecule has 1 heterocycles. The van der Waals surface area contributed by atoms with Crippen LogP contribution >= 0.6 is 0 Å². The molecule has 1 aliphatic rings. The first-order chi connectivity index (χ1) is 13.0. The molecular formula is C19H24FN5O2. The zero-order valence-electron chi connectivity index (χ0n) is 15.4. The van der Waals surface area contributed by atoms with E-state index in [0.717, 1.165) is 25.7 Å². The third-order valence-electron chi connectivity index (χ3n) is 4.96. The van der Waals surface area contributed by atoms with Crippen molar-refractivity contribution in [3.05, 3.63) is 41.7 Å². The fourth-order valence-corrected chi connectivity index (χ4v) is 3.50. The number of hydrogen-bond acceptors (Lipinski definition) is 4. The highest BCUT2D eigenvalue weighted by Crippen LogP contribution is 2.28. The van der Waals surface area contributed by atoms with Gasteiger partial charge < -0.3 is 11.1 Å². The van der Waals surface area contributed by atoms with Crippen LogP contribution in [0.2, 0.25) is 0 Å². The Labute approximate surface area is 157 Å². The summed E-state index contributed by atoms with van der Waals surface area (Å²) in [5, 5.41) is 6.97. The molecule has 8 heteroatoms. The van der Waals surface area contributed by atoms with Crippen LogP contribution in [-0.2, 0) is 11.2 Å². The third-order valence-corrected chi connectivity index (χ3v) is 4.96. The molecule has 0 radical (unpaired) electrons. The Hall–Kier alpha value is -2.77. The van der Waals surface area contributed by atoms with E-state index in [1.165, 1.54) is 10.7 Å². The zero-order valence-corrected chi connectivity index (χ0v) is 15.4. The number of para-hydroxylation sites is 1. The lowest BCUT2D eigenvalue weighted by molar-refractivity contribution is -0.125. The van der Waals surface area contributed by atoms with Gasteiger partial charge in [-0.05, 0) is 31.4 Å². The predicted octanol–water partition coefficient (Wildman–Crippen LogP) is 2.28. The monoisotopic (exact) mass is 373 g/mol. The van der Waals surface area contributed by atoms with Gasteiger partial charge in [-0.3, -0.25) is 9.59 Å². The van der Waals surface area contributed by atoms with Crippen LogP contribution in [0.5, 0.6) is 0 Å². The van der Waals surface area contributed by atoms with Crippen molar-refractivity contribution in [1.82, 2.24) is 20.1 Å². The van der Waals surface area contributed by atoms with Crippen LogP contribution in [0.15, 0.2) is 24.3 Å². The molecule has 1 saturated carbocycles. The van der Waals surface area contributed by atoms with Crippen LogP contribution in [0, 0.1) is 5.82 Å². The minimum atomic E-state index is -1.07. The number of benzene rings is 1. The van der Waals surface area contributed by atoms with E-state index < -0.39 is 23.2 Å². The second-order valence-corrected chi connectivity index (χ2v) is 6.93. The van der Waals surface area contributed by atoms with Gasteiger partial charge in [0.1, 0.15) is 22.9 Å². The SMILES string of the molecule is CCCc1nc(C(=O)NC2(C(N)=O)CCCCC2)nn1-c1ccccc1F. The Morgan fingerprint density at radius 3 is 2.59 bits per heavy atom. The van der Waals surface area contributed by atoms with E-state index in [4.69, 9.17) is 5.73 Å². The maximum absolute atomic E-state index is 14.2. The van der Waals surface area contributed by atoms with Gasteiger partial charge in [-0.2, -0.15) is 0 Å². The normalized spacial score (nSPS) is 16.1. The van der Waals surface area contributed by atoms with Crippen LogP contribution in [0.25, 0.3) is 5.69 Å². The van der Waals surface area contributed by atoms with Crippen molar-refractivity contribution in [2.45, 2.75) is 57.4 Å². The van der Waals surface area contributed by atoms with Crippen LogP contribution in [0.4, 0.5) is 4.39 Å². The molecule has 144 valence electrons. The highest BCUT2D eigenvalue weighted by molar-refractivity contribution is 5.96. The summed E-state index contributed by atoms with van der Waals surface area (Å²) < 4.78 is 15.5. The Morgan fingerprint density at radius 2 is 1.96 bits per heavy atom. The van der Waals surface area contributed by atoms with Crippen LogP contribution in [0.1, 0.15) is 61.9 Å². The number of amides is 2. The van der Waals surface area contributed by atoms with Gasteiger partial charge in [0.05, 0.1) is 0 Å². The maximum atomic E-state index is 14.2. The van der Waals surface area contributed by atoms with E-state index in [1.54, 1.807) is 18.2 Å². The number of nitrogens with one attached hydrogen (secondary N) is 1. The van der Waals surface area contributed by atoms with Gasteiger partial charge in [-0.15, -0.1) is 5.10 Å². The fourth-order valence-electron chi connectivity index (χ4n) is 3.50. The zero-order chi connectivity index (χ0) is 19.4. The van der Waals surface area contributed by atoms with E-state index in [0.29, 0.717) is 25.1 Å². The minimum absolute atomic E-state index is 0.0899. The molecule has 0 aliphatic heterocycles. The predicted molar refractivity (Wildman–Crippen MR) is 97.8 cm³/mol. The van der Waals surface area contributed by atoms with Gasteiger partial charge in [0.25, 0.3) is 5.91 Å². The number of nitrogens with zero attached hydrogens (tertiary/aromatic N) is 3. The van der Waals surface area contributed by atoms with Gasteiger partial charge in [0.2, 0.25) is 11.7 Å². The number of hydrogen-bond donors (Lipinski definition) is 2. The standard InChI is InChI=1S/C19H24FN5O2/c1-2-8-15-22-16(24-25(15)14-10-5-4-9-13(14)20)17(26)23-19(18(21)27)11-6-3-7-12-19/h4-5,9-10H,2-3,6-8,11-12H2,1H3,(H2,21,27)(H,23,26). The Morgan fingerprint density at radius 1 is 1.26 bits per heavy atom. The Kier molecular flexibility index (Phi) is 5.53. The van der Waals surface area contributed by atoms with Crippen molar-refractivity contribution < 1.29 is 14.0 Å². The molecule has 1 aromatic heterocycles. The number of carbonyl (C=O) groups excluding carboxylic acids is 2. The topological polar surface area (TPSA) is 103 Å². The van der Waals surface area contributed by atoms with E-state index in [2.05, 4.69) is 15.4 Å². The number of halogens is 1. The minimum Gasteiger partial charge on any atom is -0.368 e. The molecule has 0 unspecified atom stereocenters. The second kappa shape index (κ2) is 7.85. The molecule has 2 amide bonds. The fraction of sp³-hybridized carbons (Fsp3) is 0.474. The number of aromatic nitrogens is 3. The quantitative estimate of drug-likeness (QED) is 0.811. The summed E-state index contributed by atoms with van der Waals surface area (Å²) in [6, 6.07) is 6.19. The summed E-state index contributed by atoms with van der Waals surface area (Å²) in [4.78, 5) is 29.0. The lowest BCUT2D eigenvalue weighted by atomic mass is 9.81. The molecule has 0 saturated heterocycles. The lowest BCUT2D eigenvalue weighted by Gasteiger charge is -2.34. The average Bonchev–Trinajstić information content (AvgIpc) is 3.07. The first-order valence-corrected chi connectivity index (χ1v) is 9.30. The summed E-state index contributed by atoms with van der Waals surface area (Å²) in [6.07, 6.45) is 4.96. The maximum Gasteiger partial charge on any atom is 0.291 e. The van der Waals surface area contributed by atoms with Crippen molar-refractivity contribution in [3.8, 4) is 5.69 Å². The summed E-state index contributed by atoms with van der Waals surface area (Å²) in [5.41, 5.74) is 4.74. The Balaban J connectivity index is 1.92. The van der Waals surface area contributed by atoms with Crippen molar-refractivity contribution in [3.63, 3.8) is 0 Å². The van der Waals surface area contributed by atoms with E-state index in [9.17, 15) is 14.0 Å². The van der Waals surface area contributed by atoms with Gasteiger partial charge in [-0.1, -0.05) is 38.3 Å². The molecule has 1 aromatic carbocycles. The number of nitrogens with two attached hydrogens (primary N) is 1. The highest BCUT2D eigenvalue weighted by atomic mass is 19.1. The lowest BCUT2D eigenvalue weighted by Crippen LogP contribution is -2.58. The molecule has 0 atom stereocenters. The molecule has 0 bridgehead atoms. The Bertz CT molecular complexity index is 842. The summed E-state index contributed by atoms with van der Waals surface area (Å²) in [5.74, 6) is -1.16. The van der Waals surface area contributed by atoms with Crippen LogP contribution in [-0.4, -0.2) is 32.1 Å². The van der Waals surface area contributed by atoms with Crippen molar-refractivity contribution in [1.29, 1.82) is 0 Å². The number of primary amides is 1. The molecule has 0 spiro atoms. The van der Waals surface area contributed by atoms with E-state index >= 15 is 0 Å². The molecule has 3 rings (SSSR count). The molecule has 7 nitrogen and oxygen atoms in total. The molecule has 1 aliphatic carbocycles. The second-order valence-electron chi connectivity index (χ2n) is 6.93. The first-order valence-electron chi connectivity index (χ1n) is 9.30. The van der Waals surface area contributed by atoms with Crippen molar-refractivity contribution in [2.24, 2.45) is 5.73 Å². The van der Waals surface area contributed by atoms with Crippen LogP contribution in [0.3, 0.4) is 0 Å². The van der Waals surface area contributed by atoms with Gasteiger partial charge >= 0.3 is 0 Å². The van der Waals surface area contributed by atoms with Gasteiger partial charge in [-0.25, -0.2) is 14.1 Å². The average molecular weight is 373 g/mol. The molecule has 2 aromatic rings.